The minimum absolute atomic E-state index is 0.222. The number of carbonyl (C=O) groups is 1. The normalized spacial score (nSPS) is 10.7. The molecule has 0 atom stereocenters. The molecule has 9 nitrogen and oxygen atoms in total. The van der Waals surface area contributed by atoms with Crippen molar-refractivity contribution < 1.29 is 23.7 Å². The number of benzene rings is 4. The molecule has 4 aromatic carbocycles. The Labute approximate surface area is 248 Å². The smallest absolute Gasteiger partial charge is 0.255 e. The van der Waals surface area contributed by atoms with E-state index in [0.29, 0.717) is 45.2 Å². The molecule has 0 aliphatic heterocycles. The van der Waals surface area contributed by atoms with Gasteiger partial charge in [-0.15, -0.1) is 10.2 Å². The molecule has 0 bridgehead atoms. The highest BCUT2D eigenvalue weighted by atomic mass is 32.2. The number of para-hydroxylation sites is 2. The van der Waals surface area contributed by atoms with E-state index in [2.05, 4.69) is 15.5 Å². The van der Waals surface area contributed by atoms with Gasteiger partial charge >= 0.3 is 0 Å². The summed E-state index contributed by atoms with van der Waals surface area (Å²) >= 11 is 1.54. The lowest BCUT2D eigenvalue weighted by molar-refractivity contribution is 0.102. The van der Waals surface area contributed by atoms with E-state index >= 15 is 0 Å². The van der Waals surface area contributed by atoms with Crippen LogP contribution in [0.4, 0.5) is 5.69 Å². The first-order valence-corrected chi connectivity index (χ1v) is 14.0. The van der Waals surface area contributed by atoms with Gasteiger partial charge in [0.15, 0.2) is 22.5 Å². The molecule has 1 N–H and O–H groups in total. The first-order chi connectivity index (χ1) is 20.5. The standard InChI is InChI=1S/C32H30N4O5S/c1-38-25-9-7-8-23(18-25)30-34-35-32(36(30)26-10-5-6-11-27(26)39-2)42-20-21-12-14-22(15-13-21)31(37)33-24-16-17-28(40-3)29(19-24)41-4/h5-19H,20H2,1-4H3,(H,33,37). The Bertz CT molecular complexity index is 1690. The molecule has 5 aromatic rings. The van der Waals surface area contributed by atoms with Crippen LogP contribution in [-0.2, 0) is 5.75 Å². The van der Waals surface area contributed by atoms with Crippen LogP contribution in [0.5, 0.6) is 23.0 Å². The van der Waals surface area contributed by atoms with E-state index in [4.69, 9.17) is 18.9 Å². The summed E-state index contributed by atoms with van der Waals surface area (Å²) in [6, 6.07) is 28.2. The average Bonchev–Trinajstić information content (AvgIpc) is 3.47. The van der Waals surface area contributed by atoms with E-state index in [-0.39, 0.29) is 5.91 Å². The van der Waals surface area contributed by atoms with Crippen LogP contribution in [0.1, 0.15) is 15.9 Å². The van der Waals surface area contributed by atoms with E-state index in [1.54, 1.807) is 70.5 Å². The van der Waals surface area contributed by atoms with Crippen molar-refractivity contribution in [3.63, 3.8) is 0 Å². The summed E-state index contributed by atoms with van der Waals surface area (Å²) in [5, 5.41) is 12.7. The number of ether oxygens (including phenoxy) is 4. The topological polar surface area (TPSA) is 96.7 Å². The van der Waals surface area contributed by atoms with Crippen LogP contribution in [0, 0.1) is 0 Å². The third-order valence-electron chi connectivity index (χ3n) is 6.51. The zero-order valence-electron chi connectivity index (χ0n) is 23.7. The highest BCUT2D eigenvalue weighted by molar-refractivity contribution is 7.98. The number of carbonyl (C=O) groups excluding carboxylic acids is 1. The van der Waals surface area contributed by atoms with Crippen molar-refractivity contribution in [2.24, 2.45) is 0 Å². The number of hydrogen-bond acceptors (Lipinski definition) is 8. The largest absolute Gasteiger partial charge is 0.497 e. The Kier molecular flexibility index (Phi) is 8.93. The van der Waals surface area contributed by atoms with Crippen molar-refractivity contribution in [1.29, 1.82) is 0 Å². The van der Waals surface area contributed by atoms with Crippen LogP contribution in [0.25, 0.3) is 17.1 Å². The number of hydrogen-bond donors (Lipinski definition) is 1. The molecule has 5 rings (SSSR count). The Morgan fingerprint density at radius 3 is 2.26 bits per heavy atom. The molecule has 0 fully saturated rings. The molecule has 214 valence electrons. The predicted octanol–water partition coefficient (Wildman–Crippen LogP) is 6.51. The Morgan fingerprint density at radius 2 is 1.52 bits per heavy atom. The molecular weight excluding hydrogens is 552 g/mol. The fraction of sp³-hybridized carbons (Fsp3) is 0.156. The summed E-state index contributed by atoms with van der Waals surface area (Å²) in [7, 11) is 6.40. The molecular formula is C32H30N4O5S. The van der Waals surface area contributed by atoms with Crippen molar-refractivity contribution >= 4 is 23.4 Å². The van der Waals surface area contributed by atoms with Gasteiger partial charge in [0.05, 0.1) is 34.1 Å². The van der Waals surface area contributed by atoms with E-state index in [1.165, 1.54) is 0 Å². The van der Waals surface area contributed by atoms with Crippen molar-refractivity contribution in [1.82, 2.24) is 14.8 Å². The van der Waals surface area contributed by atoms with Crippen molar-refractivity contribution in [3.8, 4) is 40.1 Å². The fourth-order valence-electron chi connectivity index (χ4n) is 4.36. The number of methoxy groups -OCH3 is 4. The minimum atomic E-state index is -0.222. The summed E-state index contributed by atoms with van der Waals surface area (Å²) in [5.41, 5.74) is 3.87. The second kappa shape index (κ2) is 13.1. The maximum atomic E-state index is 12.9. The lowest BCUT2D eigenvalue weighted by Gasteiger charge is -2.14. The summed E-state index contributed by atoms with van der Waals surface area (Å²) in [6.45, 7) is 0. The number of nitrogens with one attached hydrogen (secondary N) is 1. The molecule has 0 unspecified atom stereocenters. The van der Waals surface area contributed by atoms with Gasteiger partial charge in [-0.25, -0.2) is 0 Å². The van der Waals surface area contributed by atoms with Gasteiger partial charge in [0.25, 0.3) is 5.91 Å². The first-order valence-electron chi connectivity index (χ1n) is 13.0. The van der Waals surface area contributed by atoms with Gasteiger partial charge in [-0.2, -0.15) is 0 Å². The monoisotopic (exact) mass is 582 g/mol. The maximum Gasteiger partial charge on any atom is 0.255 e. The van der Waals surface area contributed by atoms with E-state index in [1.807, 2.05) is 65.2 Å². The molecule has 0 radical (unpaired) electrons. The number of anilines is 1. The summed E-state index contributed by atoms with van der Waals surface area (Å²) in [5.74, 6) is 3.62. The molecule has 42 heavy (non-hydrogen) atoms. The highest BCUT2D eigenvalue weighted by Gasteiger charge is 2.19. The number of rotatable bonds is 11. The minimum Gasteiger partial charge on any atom is -0.497 e. The van der Waals surface area contributed by atoms with Gasteiger partial charge in [0.2, 0.25) is 0 Å². The van der Waals surface area contributed by atoms with Crippen LogP contribution in [-0.4, -0.2) is 49.1 Å². The van der Waals surface area contributed by atoms with E-state index < -0.39 is 0 Å². The third-order valence-corrected chi connectivity index (χ3v) is 7.51. The highest BCUT2D eigenvalue weighted by Crippen LogP contribution is 2.35. The Hall–Kier alpha value is -4.96. The number of nitrogens with zero attached hydrogens (tertiary/aromatic N) is 3. The van der Waals surface area contributed by atoms with Gasteiger partial charge in [0, 0.05) is 28.6 Å². The Morgan fingerprint density at radius 1 is 0.762 bits per heavy atom. The zero-order valence-corrected chi connectivity index (χ0v) is 24.5. The van der Waals surface area contributed by atoms with Gasteiger partial charge in [-0.1, -0.05) is 48.2 Å². The van der Waals surface area contributed by atoms with Crippen LogP contribution < -0.4 is 24.3 Å². The molecule has 0 aliphatic rings. The van der Waals surface area contributed by atoms with Crippen LogP contribution in [0.3, 0.4) is 0 Å². The predicted molar refractivity (Wildman–Crippen MR) is 163 cm³/mol. The average molecular weight is 583 g/mol. The molecule has 10 heteroatoms. The molecule has 1 amide bonds. The molecule has 0 saturated carbocycles. The number of thioether (sulfide) groups is 1. The van der Waals surface area contributed by atoms with Crippen LogP contribution in [0.2, 0.25) is 0 Å². The second-order valence-corrected chi connectivity index (χ2v) is 10.00. The third kappa shape index (κ3) is 6.18. The number of aromatic nitrogens is 3. The number of amides is 1. The van der Waals surface area contributed by atoms with Crippen LogP contribution in [0.15, 0.2) is 96.2 Å². The van der Waals surface area contributed by atoms with Crippen LogP contribution >= 0.6 is 11.8 Å². The van der Waals surface area contributed by atoms with E-state index in [0.717, 1.165) is 22.6 Å². The van der Waals surface area contributed by atoms with Gasteiger partial charge in [-0.3, -0.25) is 9.36 Å². The molecule has 0 spiro atoms. The summed E-state index contributed by atoms with van der Waals surface area (Å²) < 4.78 is 23.7. The van der Waals surface area contributed by atoms with Crippen molar-refractivity contribution in [3.05, 3.63) is 102 Å². The van der Waals surface area contributed by atoms with Gasteiger partial charge in [0.1, 0.15) is 11.5 Å². The van der Waals surface area contributed by atoms with Gasteiger partial charge < -0.3 is 24.3 Å². The molecule has 0 aliphatic carbocycles. The summed E-state index contributed by atoms with van der Waals surface area (Å²) in [6.07, 6.45) is 0. The lowest BCUT2D eigenvalue weighted by atomic mass is 10.1. The van der Waals surface area contributed by atoms with Crippen molar-refractivity contribution in [2.75, 3.05) is 33.8 Å². The fourth-order valence-corrected chi connectivity index (χ4v) is 5.26. The Balaban J connectivity index is 1.35. The maximum absolute atomic E-state index is 12.9. The van der Waals surface area contributed by atoms with E-state index in [9.17, 15) is 4.79 Å². The molecule has 1 heterocycles. The second-order valence-electron chi connectivity index (χ2n) is 9.05. The molecule has 0 saturated heterocycles. The van der Waals surface area contributed by atoms with Crippen molar-refractivity contribution in [2.45, 2.75) is 10.9 Å². The van der Waals surface area contributed by atoms with Gasteiger partial charge in [-0.05, 0) is 54.1 Å². The quantitative estimate of drug-likeness (QED) is 0.176. The lowest BCUT2D eigenvalue weighted by Crippen LogP contribution is -2.12. The SMILES string of the molecule is COc1cccc(-c2nnc(SCc3ccc(C(=O)Nc4ccc(OC)c(OC)c4)cc3)n2-c2ccccc2OC)c1. The molecule has 1 aromatic heterocycles. The summed E-state index contributed by atoms with van der Waals surface area (Å²) in [4.78, 5) is 12.9. The first kappa shape index (κ1) is 28.6. The zero-order chi connectivity index (χ0) is 29.5.